The molecule has 1 aromatic heterocycles. The van der Waals surface area contributed by atoms with Crippen molar-refractivity contribution in [3.05, 3.63) is 18.2 Å². The van der Waals surface area contributed by atoms with E-state index in [4.69, 9.17) is 11.5 Å². The van der Waals surface area contributed by atoms with Gasteiger partial charge in [0, 0.05) is 24.7 Å². The summed E-state index contributed by atoms with van der Waals surface area (Å²) < 4.78 is 0. The normalized spacial score (nSPS) is 14.7. The lowest BCUT2D eigenvalue weighted by Gasteiger charge is -2.27. The number of nitrogens with one attached hydrogen (secondary N) is 4. The third kappa shape index (κ3) is 9.17. The first-order valence-corrected chi connectivity index (χ1v) is 11.0. The standard InChI is InChI=1S/C21H35N7O6/c1-10(2)16(23)19(31)28-17(11(3)4)20(32)27-14(7-12-8-24-9-25-12)18(30)26-13(21(33)34)5-6-15(22)29/h8-11,13-14,16-17H,5-7,23H2,1-4H3,(H2,22,29)(H,24,25)(H,26,30)(H,27,32)(H,28,31)(H,33,34). The first-order valence-electron chi connectivity index (χ1n) is 11.0. The molecular weight excluding hydrogens is 446 g/mol. The van der Waals surface area contributed by atoms with E-state index in [2.05, 4.69) is 25.9 Å². The monoisotopic (exact) mass is 481 g/mol. The van der Waals surface area contributed by atoms with E-state index >= 15 is 0 Å². The highest BCUT2D eigenvalue weighted by Crippen LogP contribution is 2.08. The number of aromatic amines is 1. The Kier molecular flexibility index (Phi) is 11.2. The van der Waals surface area contributed by atoms with Crippen LogP contribution in [0.4, 0.5) is 0 Å². The Labute approximate surface area is 197 Å². The lowest BCUT2D eigenvalue weighted by molar-refractivity contribution is -0.142. The molecule has 4 atom stereocenters. The van der Waals surface area contributed by atoms with Crippen LogP contribution in [-0.2, 0) is 30.4 Å². The molecule has 1 heterocycles. The molecule has 0 bridgehead atoms. The third-order valence-electron chi connectivity index (χ3n) is 5.17. The molecule has 0 aliphatic rings. The molecule has 0 saturated heterocycles. The van der Waals surface area contributed by atoms with Crippen molar-refractivity contribution in [2.24, 2.45) is 23.3 Å². The number of rotatable bonds is 14. The number of nitrogens with two attached hydrogens (primary N) is 2. The maximum absolute atomic E-state index is 13.0. The van der Waals surface area contributed by atoms with Gasteiger partial charge < -0.3 is 37.5 Å². The fourth-order valence-electron chi connectivity index (χ4n) is 2.99. The van der Waals surface area contributed by atoms with Crippen LogP contribution >= 0.6 is 0 Å². The molecule has 0 radical (unpaired) electrons. The second-order valence-corrected chi connectivity index (χ2v) is 8.75. The number of aromatic nitrogens is 2. The number of amides is 4. The van der Waals surface area contributed by atoms with Crippen LogP contribution in [0.5, 0.6) is 0 Å². The van der Waals surface area contributed by atoms with E-state index in [9.17, 15) is 29.1 Å². The second-order valence-electron chi connectivity index (χ2n) is 8.75. The Balaban J connectivity index is 3.04. The van der Waals surface area contributed by atoms with Crippen LogP contribution in [0.3, 0.4) is 0 Å². The molecule has 0 aliphatic carbocycles. The first kappa shape index (κ1) is 28.6. The van der Waals surface area contributed by atoms with Crippen molar-refractivity contribution in [3.63, 3.8) is 0 Å². The zero-order valence-electron chi connectivity index (χ0n) is 19.8. The average molecular weight is 482 g/mol. The van der Waals surface area contributed by atoms with E-state index in [1.54, 1.807) is 27.7 Å². The molecule has 13 heteroatoms. The summed E-state index contributed by atoms with van der Waals surface area (Å²) in [4.78, 5) is 67.6. The Morgan fingerprint density at radius 2 is 1.59 bits per heavy atom. The van der Waals surface area contributed by atoms with Gasteiger partial charge in [0.15, 0.2) is 0 Å². The smallest absolute Gasteiger partial charge is 0.326 e. The number of primary amides is 1. The van der Waals surface area contributed by atoms with E-state index in [-0.39, 0.29) is 31.1 Å². The Morgan fingerprint density at radius 3 is 2.06 bits per heavy atom. The van der Waals surface area contributed by atoms with Crippen molar-refractivity contribution in [3.8, 4) is 0 Å². The Bertz CT molecular complexity index is 856. The molecule has 34 heavy (non-hydrogen) atoms. The van der Waals surface area contributed by atoms with Gasteiger partial charge in [0.05, 0.1) is 12.4 Å². The van der Waals surface area contributed by atoms with E-state index in [1.165, 1.54) is 12.5 Å². The zero-order valence-corrected chi connectivity index (χ0v) is 19.8. The Morgan fingerprint density at radius 1 is 0.971 bits per heavy atom. The lowest BCUT2D eigenvalue weighted by Crippen LogP contribution is -2.59. The third-order valence-corrected chi connectivity index (χ3v) is 5.17. The number of carboxylic acid groups (broad SMARTS) is 1. The molecule has 1 aromatic rings. The van der Waals surface area contributed by atoms with E-state index in [1.807, 2.05) is 0 Å². The fourth-order valence-corrected chi connectivity index (χ4v) is 2.99. The van der Waals surface area contributed by atoms with Gasteiger partial charge in [-0.05, 0) is 18.3 Å². The summed E-state index contributed by atoms with van der Waals surface area (Å²) in [5.41, 5.74) is 11.5. The van der Waals surface area contributed by atoms with Crippen molar-refractivity contribution in [2.75, 3.05) is 0 Å². The molecule has 0 spiro atoms. The zero-order chi connectivity index (χ0) is 26.0. The molecular formula is C21H35N7O6. The number of aliphatic carboxylic acids is 1. The summed E-state index contributed by atoms with van der Waals surface area (Å²) >= 11 is 0. The minimum absolute atomic E-state index is 0.0238. The van der Waals surface area contributed by atoms with Gasteiger partial charge in [-0.15, -0.1) is 0 Å². The number of carbonyl (C=O) groups excluding carboxylic acids is 4. The lowest BCUT2D eigenvalue weighted by atomic mass is 9.99. The van der Waals surface area contributed by atoms with Gasteiger partial charge in [-0.2, -0.15) is 0 Å². The average Bonchev–Trinajstić information content (AvgIpc) is 3.25. The molecule has 13 nitrogen and oxygen atoms in total. The summed E-state index contributed by atoms with van der Waals surface area (Å²) in [5, 5.41) is 16.9. The summed E-state index contributed by atoms with van der Waals surface area (Å²) in [5.74, 6) is -4.47. The largest absolute Gasteiger partial charge is 0.480 e. The quantitative estimate of drug-likeness (QED) is 0.163. The van der Waals surface area contributed by atoms with Gasteiger partial charge in [0.1, 0.15) is 18.1 Å². The van der Waals surface area contributed by atoms with Crippen molar-refractivity contribution in [1.82, 2.24) is 25.9 Å². The molecule has 0 fully saturated rings. The predicted octanol–water partition coefficient (Wildman–Crippen LogP) is -1.60. The van der Waals surface area contributed by atoms with Crippen LogP contribution in [-0.4, -0.2) is 68.8 Å². The molecule has 0 aliphatic heterocycles. The molecule has 0 saturated carbocycles. The number of carboxylic acids is 1. The van der Waals surface area contributed by atoms with Crippen LogP contribution in [0, 0.1) is 11.8 Å². The molecule has 190 valence electrons. The topological polar surface area (TPSA) is 222 Å². The number of carbonyl (C=O) groups is 5. The minimum Gasteiger partial charge on any atom is -0.480 e. The second kappa shape index (κ2) is 13.3. The number of nitrogens with zero attached hydrogens (tertiary/aromatic N) is 1. The first-order chi connectivity index (χ1) is 15.8. The highest BCUT2D eigenvalue weighted by Gasteiger charge is 2.32. The SMILES string of the molecule is CC(C)C(N)C(=O)NC(C(=O)NC(Cc1cnc[nH]1)C(=O)NC(CCC(N)=O)C(=O)O)C(C)C. The van der Waals surface area contributed by atoms with E-state index in [0.717, 1.165) is 0 Å². The number of hydrogen-bond acceptors (Lipinski definition) is 7. The van der Waals surface area contributed by atoms with Crippen LogP contribution in [0.1, 0.15) is 46.2 Å². The minimum atomic E-state index is -1.38. The molecule has 9 N–H and O–H groups in total. The van der Waals surface area contributed by atoms with Crippen molar-refractivity contribution >= 4 is 29.6 Å². The van der Waals surface area contributed by atoms with Crippen LogP contribution < -0.4 is 27.4 Å². The maximum atomic E-state index is 13.0. The fraction of sp³-hybridized carbons (Fsp3) is 0.619. The van der Waals surface area contributed by atoms with Gasteiger partial charge in [-0.3, -0.25) is 19.2 Å². The number of imidazole rings is 1. The Hall–Kier alpha value is -3.48. The van der Waals surface area contributed by atoms with E-state index < -0.39 is 53.8 Å². The maximum Gasteiger partial charge on any atom is 0.326 e. The molecule has 4 unspecified atom stereocenters. The summed E-state index contributed by atoms with van der Waals surface area (Å²) in [6.45, 7) is 6.99. The van der Waals surface area contributed by atoms with Crippen LogP contribution in [0.25, 0.3) is 0 Å². The van der Waals surface area contributed by atoms with Gasteiger partial charge >= 0.3 is 5.97 Å². The van der Waals surface area contributed by atoms with Gasteiger partial charge in [0.25, 0.3) is 0 Å². The van der Waals surface area contributed by atoms with Crippen molar-refractivity contribution < 1.29 is 29.1 Å². The summed E-state index contributed by atoms with van der Waals surface area (Å²) in [6, 6.07) is -4.38. The number of hydrogen-bond donors (Lipinski definition) is 7. The summed E-state index contributed by atoms with van der Waals surface area (Å²) in [6.07, 6.45) is 2.37. The highest BCUT2D eigenvalue weighted by molar-refractivity contribution is 5.94. The highest BCUT2D eigenvalue weighted by atomic mass is 16.4. The van der Waals surface area contributed by atoms with Crippen molar-refractivity contribution in [2.45, 2.75) is 71.1 Å². The molecule has 1 rings (SSSR count). The van der Waals surface area contributed by atoms with Gasteiger partial charge in [0.2, 0.25) is 23.6 Å². The van der Waals surface area contributed by atoms with Crippen LogP contribution in [0.2, 0.25) is 0 Å². The molecule has 0 aromatic carbocycles. The predicted molar refractivity (Wildman–Crippen MR) is 122 cm³/mol. The molecule has 4 amide bonds. The van der Waals surface area contributed by atoms with Crippen LogP contribution in [0.15, 0.2) is 12.5 Å². The van der Waals surface area contributed by atoms with Gasteiger partial charge in [-0.25, -0.2) is 9.78 Å². The van der Waals surface area contributed by atoms with E-state index in [0.29, 0.717) is 5.69 Å². The van der Waals surface area contributed by atoms with Crippen molar-refractivity contribution in [1.29, 1.82) is 0 Å². The summed E-state index contributed by atoms with van der Waals surface area (Å²) in [7, 11) is 0. The number of H-pyrrole nitrogens is 1. The van der Waals surface area contributed by atoms with Gasteiger partial charge in [-0.1, -0.05) is 27.7 Å².